The Bertz CT molecular complexity index is 297. The lowest BCUT2D eigenvalue weighted by Gasteiger charge is -2.06. The van der Waals surface area contributed by atoms with Crippen LogP contribution in [0.2, 0.25) is 0 Å². The largest absolute Gasteiger partial charge is 0.341 e. The molecular weight excluding hydrogens is 206 g/mol. The molecule has 0 spiro atoms. The Morgan fingerprint density at radius 2 is 2.00 bits per heavy atom. The number of nitrogens with one attached hydrogen (secondary N) is 3. The molecule has 0 bridgehead atoms. The van der Waals surface area contributed by atoms with Crippen molar-refractivity contribution in [2.75, 3.05) is 20.1 Å². The average Bonchev–Trinajstić information content (AvgIpc) is 2.95. The topological polar surface area (TPSA) is 87.3 Å². The second kappa shape index (κ2) is 4.61. The van der Waals surface area contributed by atoms with Gasteiger partial charge in [-0.3, -0.25) is 0 Å². The standard InChI is InChI=1S/C7H15N3O3S/c1-8-7(11)9-4-5-10-14(12,13)6-2-3-6/h6,10H,2-5H2,1H3,(H2,8,9,11). The van der Waals surface area contributed by atoms with Gasteiger partial charge in [-0.05, 0) is 12.8 Å². The number of carbonyl (C=O) groups is 1. The van der Waals surface area contributed by atoms with E-state index < -0.39 is 10.0 Å². The first-order chi connectivity index (χ1) is 6.56. The van der Waals surface area contributed by atoms with Crippen LogP contribution < -0.4 is 15.4 Å². The van der Waals surface area contributed by atoms with E-state index in [0.717, 1.165) is 12.8 Å². The van der Waals surface area contributed by atoms with Gasteiger partial charge < -0.3 is 10.6 Å². The second-order valence-electron chi connectivity index (χ2n) is 3.14. The highest BCUT2D eigenvalue weighted by Gasteiger charge is 2.35. The Labute approximate surface area is 83.5 Å². The maximum Gasteiger partial charge on any atom is 0.314 e. The maximum atomic E-state index is 11.3. The van der Waals surface area contributed by atoms with Crippen molar-refractivity contribution in [2.24, 2.45) is 0 Å². The van der Waals surface area contributed by atoms with Gasteiger partial charge in [0.1, 0.15) is 0 Å². The van der Waals surface area contributed by atoms with Gasteiger partial charge in [0.05, 0.1) is 5.25 Å². The number of rotatable bonds is 5. The molecule has 3 N–H and O–H groups in total. The minimum absolute atomic E-state index is 0.206. The van der Waals surface area contributed by atoms with Crippen LogP contribution >= 0.6 is 0 Å². The molecule has 7 heteroatoms. The van der Waals surface area contributed by atoms with Gasteiger partial charge in [-0.1, -0.05) is 0 Å². The Kier molecular flexibility index (Phi) is 3.70. The van der Waals surface area contributed by atoms with Gasteiger partial charge in [-0.2, -0.15) is 0 Å². The van der Waals surface area contributed by atoms with Crippen LogP contribution in [0.3, 0.4) is 0 Å². The fraction of sp³-hybridized carbons (Fsp3) is 0.857. The van der Waals surface area contributed by atoms with E-state index in [9.17, 15) is 13.2 Å². The third-order valence-electron chi connectivity index (χ3n) is 1.90. The van der Waals surface area contributed by atoms with E-state index in [1.54, 1.807) is 0 Å². The molecule has 1 fully saturated rings. The van der Waals surface area contributed by atoms with Crippen molar-refractivity contribution in [3.05, 3.63) is 0 Å². The summed E-state index contributed by atoms with van der Waals surface area (Å²) in [5.41, 5.74) is 0. The molecule has 0 aromatic heterocycles. The summed E-state index contributed by atoms with van der Waals surface area (Å²) < 4.78 is 25.0. The predicted octanol–water partition coefficient (Wildman–Crippen LogP) is -1.00. The van der Waals surface area contributed by atoms with E-state index >= 15 is 0 Å². The number of hydrogen-bond acceptors (Lipinski definition) is 3. The minimum Gasteiger partial charge on any atom is -0.341 e. The van der Waals surface area contributed by atoms with Crippen LogP contribution in [0.5, 0.6) is 0 Å². The van der Waals surface area contributed by atoms with Gasteiger partial charge in [-0.25, -0.2) is 17.9 Å². The first kappa shape index (κ1) is 11.3. The van der Waals surface area contributed by atoms with Crippen LogP contribution in [-0.2, 0) is 10.0 Å². The van der Waals surface area contributed by atoms with Crippen LogP contribution in [0.15, 0.2) is 0 Å². The molecule has 1 saturated carbocycles. The van der Waals surface area contributed by atoms with Crippen LogP contribution in [0.25, 0.3) is 0 Å². The monoisotopic (exact) mass is 221 g/mol. The lowest BCUT2D eigenvalue weighted by atomic mass is 10.6. The molecule has 1 aliphatic rings. The average molecular weight is 221 g/mol. The molecule has 14 heavy (non-hydrogen) atoms. The molecule has 0 atom stereocenters. The first-order valence-electron chi connectivity index (χ1n) is 4.50. The zero-order chi connectivity index (χ0) is 10.6. The van der Waals surface area contributed by atoms with E-state index in [1.807, 2.05) is 0 Å². The SMILES string of the molecule is CNC(=O)NCCNS(=O)(=O)C1CC1. The highest BCUT2D eigenvalue weighted by atomic mass is 32.2. The van der Waals surface area contributed by atoms with Crippen LogP contribution in [0.1, 0.15) is 12.8 Å². The zero-order valence-electron chi connectivity index (χ0n) is 8.04. The molecule has 2 amide bonds. The highest BCUT2D eigenvalue weighted by Crippen LogP contribution is 2.26. The van der Waals surface area contributed by atoms with Crippen LogP contribution in [-0.4, -0.2) is 39.8 Å². The quantitative estimate of drug-likeness (QED) is 0.520. The lowest BCUT2D eigenvalue weighted by molar-refractivity contribution is 0.243. The first-order valence-corrected chi connectivity index (χ1v) is 6.05. The van der Waals surface area contributed by atoms with Crippen molar-refractivity contribution in [1.82, 2.24) is 15.4 Å². The van der Waals surface area contributed by atoms with E-state index in [0.29, 0.717) is 6.54 Å². The van der Waals surface area contributed by atoms with Crippen molar-refractivity contribution < 1.29 is 13.2 Å². The van der Waals surface area contributed by atoms with Crippen LogP contribution in [0, 0.1) is 0 Å². The van der Waals surface area contributed by atoms with Crippen molar-refractivity contribution >= 4 is 16.1 Å². The molecule has 82 valence electrons. The van der Waals surface area contributed by atoms with Gasteiger partial charge in [0.25, 0.3) is 0 Å². The van der Waals surface area contributed by atoms with Crippen LogP contribution in [0.4, 0.5) is 4.79 Å². The van der Waals surface area contributed by atoms with Crippen molar-refractivity contribution in [1.29, 1.82) is 0 Å². The summed E-state index contributed by atoms with van der Waals surface area (Å²) in [4.78, 5) is 10.7. The summed E-state index contributed by atoms with van der Waals surface area (Å²) in [6.45, 7) is 0.540. The molecule has 0 radical (unpaired) electrons. The lowest BCUT2D eigenvalue weighted by Crippen LogP contribution is -2.39. The summed E-state index contributed by atoms with van der Waals surface area (Å²) in [7, 11) is -1.61. The molecule has 0 aromatic rings. The molecule has 1 aliphatic carbocycles. The van der Waals surface area contributed by atoms with Crippen molar-refractivity contribution in [3.63, 3.8) is 0 Å². The number of amides is 2. The molecule has 0 aliphatic heterocycles. The minimum atomic E-state index is -3.11. The Morgan fingerprint density at radius 1 is 1.36 bits per heavy atom. The Hall–Kier alpha value is -0.820. The van der Waals surface area contributed by atoms with E-state index in [4.69, 9.17) is 0 Å². The van der Waals surface area contributed by atoms with Gasteiger partial charge >= 0.3 is 6.03 Å². The molecule has 6 nitrogen and oxygen atoms in total. The second-order valence-corrected chi connectivity index (χ2v) is 5.19. The van der Waals surface area contributed by atoms with E-state index in [2.05, 4.69) is 15.4 Å². The smallest absolute Gasteiger partial charge is 0.314 e. The zero-order valence-corrected chi connectivity index (χ0v) is 8.86. The summed E-state index contributed by atoms with van der Waals surface area (Å²) in [5, 5.41) is 4.65. The predicted molar refractivity (Wildman–Crippen MR) is 52.4 cm³/mol. The fourth-order valence-electron chi connectivity index (χ4n) is 0.954. The summed E-state index contributed by atoms with van der Waals surface area (Å²) in [6.07, 6.45) is 1.50. The van der Waals surface area contributed by atoms with Gasteiger partial charge in [0.15, 0.2) is 0 Å². The normalized spacial score (nSPS) is 16.4. The Balaban J connectivity index is 2.12. The Morgan fingerprint density at radius 3 is 2.50 bits per heavy atom. The summed E-state index contributed by atoms with van der Waals surface area (Å²) in [5.74, 6) is 0. The molecule has 0 heterocycles. The summed E-state index contributed by atoms with van der Waals surface area (Å²) in [6, 6.07) is -0.310. The van der Waals surface area contributed by atoms with Gasteiger partial charge in [0.2, 0.25) is 10.0 Å². The highest BCUT2D eigenvalue weighted by molar-refractivity contribution is 7.90. The number of urea groups is 1. The van der Waals surface area contributed by atoms with Gasteiger partial charge in [-0.15, -0.1) is 0 Å². The van der Waals surface area contributed by atoms with E-state index in [1.165, 1.54) is 7.05 Å². The van der Waals surface area contributed by atoms with Gasteiger partial charge in [0, 0.05) is 20.1 Å². The molecule has 0 aromatic carbocycles. The molecule has 0 saturated heterocycles. The molecule has 1 rings (SSSR count). The summed E-state index contributed by atoms with van der Waals surface area (Å²) >= 11 is 0. The third-order valence-corrected chi connectivity index (χ3v) is 3.86. The maximum absolute atomic E-state index is 11.3. The van der Waals surface area contributed by atoms with Crippen molar-refractivity contribution in [3.8, 4) is 0 Å². The number of sulfonamides is 1. The fourth-order valence-corrected chi connectivity index (χ4v) is 2.33. The number of hydrogen-bond donors (Lipinski definition) is 3. The number of carbonyl (C=O) groups excluding carboxylic acids is 1. The third kappa shape index (κ3) is 3.51. The molecular formula is C7H15N3O3S. The molecule has 0 unspecified atom stereocenters. The van der Waals surface area contributed by atoms with E-state index in [-0.39, 0.29) is 17.8 Å². The van der Waals surface area contributed by atoms with Crippen molar-refractivity contribution in [2.45, 2.75) is 18.1 Å².